The molecule has 0 aliphatic carbocycles. The Labute approximate surface area is 194 Å². The molecule has 0 unspecified atom stereocenters. The number of benzene rings is 2. The van der Waals surface area contributed by atoms with Gasteiger partial charge in [-0.2, -0.15) is 0 Å². The zero-order valence-electron chi connectivity index (χ0n) is 16.9. The van der Waals surface area contributed by atoms with Gasteiger partial charge in [-0.1, -0.05) is 35.3 Å². The van der Waals surface area contributed by atoms with E-state index in [0.29, 0.717) is 17.1 Å². The molecule has 0 saturated heterocycles. The SMILES string of the molecule is COc1cccc(-c2c(C)sc3nc(C)cc(NS(=O)(=O)c4cc(Cl)cc(Cl)c4)c23)c1. The zero-order chi connectivity index (χ0) is 22.3. The Morgan fingerprint density at radius 2 is 1.74 bits per heavy atom. The third-order valence-electron chi connectivity index (χ3n) is 4.72. The molecule has 0 radical (unpaired) electrons. The van der Waals surface area contributed by atoms with Crippen molar-refractivity contribution in [3.05, 3.63) is 69.1 Å². The minimum absolute atomic E-state index is 0.0116. The van der Waals surface area contributed by atoms with Gasteiger partial charge in [-0.15, -0.1) is 11.3 Å². The largest absolute Gasteiger partial charge is 0.497 e. The van der Waals surface area contributed by atoms with E-state index in [0.717, 1.165) is 26.2 Å². The number of aromatic nitrogens is 1. The maximum absolute atomic E-state index is 13.2. The van der Waals surface area contributed by atoms with E-state index in [1.165, 1.54) is 29.5 Å². The molecular weight excluding hydrogens is 475 g/mol. The fourth-order valence-corrected chi connectivity index (χ4v) is 6.33. The van der Waals surface area contributed by atoms with E-state index >= 15 is 0 Å². The molecule has 0 fully saturated rings. The van der Waals surface area contributed by atoms with Crippen LogP contribution in [0.2, 0.25) is 10.0 Å². The molecule has 2 aromatic heterocycles. The van der Waals surface area contributed by atoms with Crippen LogP contribution in [0.1, 0.15) is 10.6 Å². The number of anilines is 1. The average Bonchev–Trinajstić information content (AvgIpc) is 3.02. The van der Waals surface area contributed by atoms with Gasteiger partial charge in [0.25, 0.3) is 10.0 Å². The molecule has 0 bridgehead atoms. The van der Waals surface area contributed by atoms with Gasteiger partial charge in [0, 0.05) is 31.6 Å². The first kappa shape index (κ1) is 21.9. The molecule has 2 aromatic carbocycles. The van der Waals surface area contributed by atoms with Gasteiger partial charge in [0.2, 0.25) is 0 Å². The number of rotatable bonds is 5. The number of halogens is 2. The Bertz CT molecular complexity index is 1400. The summed E-state index contributed by atoms with van der Waals surface area (Å²) in [6.45, 7) is 3.82. The van der Waals surface area contributed by atoms with Gasteiger partial charge in [0.15, 0.2) is 0 Å². The second-order valence-electron chi connectivity index (χ2n) is 6.97. The molecule has 31 heavy (non-hydrogen) atoms. The van der Waals surface area contributed by atoms with Crippen molar-refractivity contribution in [2.45, 2.75) is 18.7 Å². The highest BCUT2D eigenvalue weighted by Gasteiger charge is 2.22. The van der Waals surface area contributed by atoms with E-state index in [9.17, 15) is 8.42 Å². The number of pyridine rings is 1. The van der Waals surface area contributed by atoms with Crippen LogP contribution in [0.5, 0.6) is 5.75 Å². The molecule has 0 aliphatic heterocycles. The predicted molar refractivity (Wildman–Crippen MR) is 128 cm³/mol. The van der Waals surface area contributed by atoms with Crippen LogP contribution in [0.3, 0.4) is 0 Å². The first-order chi connectivity index (χ1) is 14.7. The van der Waals surface area contributed by atoms with E-state index in [-0.39, 0.29) is 14.9 Å². The van der Waals surface area contributed by atoms with E-state index in [4.69, 9.17) is 27.9 Å². The van der Waals surface area contributed by atoms with Crippen LogP contribution in [0, 0.1) is 13.8 Å². The second-order valence-corrected chi connectivity index (χ2v) is 10.7. The topological polar surface area (TPSA) is 68.3 Å². The molecule has 0 amide bonds. The van der Waals surface area contributed by atoms with E-state index in [1.807, 2.05) is 38.1 Å². The number of ether oxygens (including phenoxy) is 1. The number of hydrogen-bond acceptors (Lipinski definition) is 5. The van der Waals surface area contributed by atoms with Crippen molar-refractivity contribution >= 4 is 60.5 Å². The summed E-state index contributed by atoms with van der Waals surface area (Å²) in [7, 11) is -2.33. The molecular formula is C22H18Cl2N2O3S2. The number of fused-ring (bicyclic) bond motifs is 1. The molecule has 160 valence electrons. The highest BCUT2D eigenvalue weighted by molar-refractivity contribution is 7.92. The van der Waals surface area contributed by atoms with E-state index in [1.54, 1.807) is 13.2 Å². The Balaban J connectivity index is 1.92. The number of aryl methyl sites for hydroxylation is 2. The van der Waals surface area contributed by atoms with Crippen LogP contribution in [0.15, 0.2) is 53.4 Å². The number of sulfonamides is 1. The lowest BCUT2D eigenvalue weighted by Gasteiger charge is -2.13. The number of nitrogens with one attached hydrogen (secondary N) is 1. The van der Waals surface area contributed by atoms with Crippen molar-refractivity contribution in [1.29, 1.82) is 0 Å². The lowest BCUT2D eigenvalue weighted by molar-refractivity contribution is 0.415. The Morgan fingerprint density at radius 3 is 2.42 bits per heavy atom. The number of methoxy groups -OCH3 is 1. The maximum atomic E-state index is 13.2. The summed E-state index contributed by atoms with van der Waals surface area (Å²) in [5.41, 5.74) is 2.97. The van der Waals surface area contributed by atoms with E-state index in [2.05, 4.69) is 9.71 Å². The summed E-state index contributed by atoms with van der Waals surface area (Å²) >= 11 is 13.6. The summed E-state index contributed by atoms with van der Waals surface area (Å²) in [6.07, 6.45) is 0. The summed E-state index contributed by atoms with van der Waals surface area (Å²) in [5, 5.41) is 1.22. The minimum Gasteiger partial charge on any atom is -0.497 e. The second kappa shape index (κ2) is 8.31. The van der Waals surface area contributed by atoms with Crippen LogP contribution in [0.25, 0.3) is 21.3 Å². The van der Waals surface area contributed by atoms with Crippen molar-refractivity contribution in [3.8, 4) is 16.9 Å². The van der Waals surface area contributed by atoms with Crippen molar-refractivity contribution in [2.75, 3.05) is 11.8 Å². The average molecular weight is 493 g/mol. The van der Waals surface area contributed by atoms with Gasteiger partial charge in [-0.25, -0.2) is 13.4 Å². The number of thiophene rings is 1. The Kier molecular flexibility index (Phi) is 5.87. The molecule has 0 spiro atoms. The molecule has 1 N–H and O–H groups in total. The van der Waals surface area contributed by atoms with Crippen LogP contribution in [-0.2, 0) is 10.0 Å². The van der Waals surface area contributed by atoms with Crippen LogP contribution >= 0.6 is 34.5 Å². The zero-order valence-corrected chi connectivity index (χ0v) is 20.0. The predicted octanol–water partition coefficient (Wildman–Crippen LogP) is 6.70. The molecule has 5 nitrogen and oxygen atoms in total. The molecule has 2 heterocycles. The molecule has 0 atom stereocenters. The summed E-state index contributed by atoms with van der Waals surface area (Å²) in [6, 6.07) is 13.6. The lowest BCUT2D eigenvalue weighted by Crippen LogP contribution is -2.13. The summed E-state index contributed by atoms with van der Waals surface area (Å²) < 4.78 is 34.4. The molecule has 4 aromatic rings. The lowest BCUT2D eigenvalue weighted by atomic mass is 10.0. The standard InChI is InChI=1S/C22H18Cl2N2O3S2/c1-12-7-19(26-31(27,28)18-10-15(23)9-16(24)11-18)21-20(13(2)30-22(21)25-12)14-5-4-6-17(8-14)29-3/h4-11H,1-3H3,(H,25,26). The highest BCUT2D eigenvalue weighted by Crippen LogP contribution is 2.43. The normalized spacial score (nSPS) is 11.6. The van der Waals surface area contributed by atoms with Crippen molar-refractivity contribution in [2.24, 2.45) is 0 Å². The van der Waals surface area contributed by atoms with Crippen LogP contribution in [-0.4, -0.2) is 20.5 Å². The summed E-state index contributed by atoms with van der Waals surface area (Å²) in [4.78, 5) is 6.38. The van der Waals surface area contributed by atoms with Crippen molar-refractivity contribution in [1.82, 2.24) is 4.98 Å². The maximum Gasteiger partial charge on any atom is 0.262 e. The quantitative estimate of drug-likeness (QED) is 0.336. The van der Waals surface area contributed by atoms with Gasteiger partial charge in [-0.3, -0.25) is 4.72 Å². The van der Waals surface area contributed by atoms with E-state index < -0.39 is 10.0 Å². The van der Waals surface area contributed by atoms with Crippen LogP contribution < -0.4 is 9.46 Å². The Morgan fingerprint density at radius 1 is 1.03 bits per heavy atom. The first-order valence-electron chi connectivity index (χ1n) is 9.22. The fourth-order valence-electron chi connectivity index (χ4n) is 3.43. The van der Waals surface area contributed by atoms with Gasteiger partial charge >= 0.3 is 0 Å². The fraction of sp³-hybridized carbons (Fsp3) is 0.136. The van der Waals surface area contributed by atoms with Gasteiger partial charge < -0.3 is 4.74 Å². The minimum atomic E-state index is -3.94. The van der Waals surface area contributed by atoms with Crippen molar-refractivity contribution in [3.63, 3.8) is 0 Å². The van der Waals surface area contributed by atoms with Gasteiger partial charge in [-0.05, 0) is 55.8 Å². The summed E-state index contributed by atoms with van der Waals surface area (Å²) in [5.74, 6) is 0.715. The highest BCUT2D eigenvalue weighted by atomic mass is 35.5. The smallest absolute Gasteiger partial charge is 0.262 e. The van der Waals surface area contributed by atoms with Crippen molar-refractivity contribution < 1.29 is 13.2 Å². The number of hydrogen-bond donors (Lipinski definition) is 1. The molecule has 9 heteroatoms. The molecule has 0 saturated carbocycles. The number of nitrogens with zero attached hydrogens (tertiary/aromatic N) is 1. The van der Waals surface area contributed by atoms with Crippen LogP contribution in [0.4, 0.5) is 5.69 Å². The third kappa shape index (κ3) is 4.36. The first-order valence-corrected chi connectivity index (χ1v) is 12.3. The third-order valence-corrected chi connectivity index (χ3v) is 7.50. The molecule has 0 aliphatic rings. The molecule has 4 rings (SSSR count). The van der Waals surface area contributed by atoms with Gasteiger partial charge in [0.1, 0.15) is 10.6 Å². The Hall–Kier alpha value is -2.32. The van der Waals surface area contributed by atoms with Gasteiger partial charge in [0.05, 0.1) is 17.7 Å². The monoisotopic (exact) mass is 492 g/mol.